The van der Waals surface area contributed by atoms with Crippen LogP contribution < -0.4 is 4.74 Å². The second kappa shape index (κ2) is 6.38. The van der Waals surface area contributed by atoms with E-state index in [-0.39, 0.29) is 11.9 Å². The number of carbonyl (C=O) groups excluding carboxylic acids is 1. The molecule has 2 aromatic rings. The lowest BCUT2D eigenvalue weighted by Gasteiger charge is -2.13. The van der Waals surface area contributed by atoms with Crippen LogP contribution in [0.3, 0.4) is 0 Å². The molecule has 0 saturated heterocycles. The van der Waals surface area contributed by atoms with Crippen molar-refractivity contribution in [1.29, 1.82) is 0 Å². The van der Waals surface area contributed by atoms with Gasteiger partial charge in [-0.25, -0.2) is 0 Å². The number of hydrogen-bond acceptors (Lipinski definition) is 2. The van der Waals surface area contributed by atoms with E-state index in [2.05, 4.69) is 0 Å². The van der Waals surface area contributed by atoms with Crippen LogP contribution in [0.1, 0.15) is 35.3 Å². The molecule has 0 aliphatic heterocycles. The highest BCUT2D eigenvalue weighted by molar-refractivity contribution is 5.99. The predicted octanol–water partition coefficient (Wildman–Crippen LogP) is 4.21. The lowest BCUT2D eigenvalue weighted by Crippen LogP contribution is -2.11. The molecule has 0 aromatic heterocycles. The van der Waals surface area contributed by atoms with Gasteiger partial charge in [0.15, 0.2) is 5.78 Å². The molecule has 0 unspecified atom stereocenters. The Bertz CT molecular complexity index is 583. The SMILES string of the molecule is Cc1ccc(CC(=O)c2ccccc2OC(C)C)cc1. The Morgan fingerprint density at radius 2 is 1.70 bits per heavy atom. The number of ketones is 1. The first kappa shape index (κ1) is 14.3. The van der Waals surface area contributed by atoms with Crippen LogP contribution in [0, 0.1) is 6.92 Å². The number of hydrogen-bond donors (Lipinski definition) is 0. The average molecular weight is 268 g/mol. The Balaban J connectivity index is 2.18. The molecule has 0 spiro atoms. The average Bonchev–Trinajstić information content (AvgIpc) is 2.41. The first-order chi connectivity index (χ1) is 9.56. The van der Waals surface area contributed by atoms with Gasteiger partial charge in [0.05, 0.1) is 11.7 Å². The fourth-order valence-corrected chi connectivity index (χ4v) is 2.04. The summed E-state index contributed by atoms with van der Waals surface area (Å²) in [5.41, 5.74) is 2.88. The molecule has 0 aliphatic carbocycles. The predicted molar refractivity (Wildman–Crippen MR) is 81.4 cm³/mol. The monoisotopic (exact) mass is 268 g/mol. The molecule has 2 rings (SSSR count). The zero-order chi connectivity index (χ0) is 14.5. The van der Waals surface area contributed by atoms with Crippen LogP contribution in [-0.4, -0.2) is 11.9 Å². The van der Waals surface area contributed by atoms with Crippen molar-refractivity contribution in [2.75, 3.05) is 0 Å². The zero-order valence-corrected chi connectivity index (χ0v) is 12.2. The lowest BCUT2D eigenvalue weighted by atomic mass is 10.0. The summed E-state index contributed by atoms with van der Waals surface area (Å²) in [6.45, 7) is 5.96. The fraction of sp³-hybridized carbons (Fsp3) is 0.278. The van der Waals surface area contributed by atoms with Crippen LogP contribution in [0.4, 0.5) is 0 Å². The molecule has 0 bridgehead atoms. The van der Waals surface area contributed by atoms with E-state index in [1.165, 1.54) is 5.56 Å². The number of para-hydroxylation sites is 1. The third kappa shape index (κ3) is 3.70. The number of carbonyl (C=O) groups is 1. The van der Waals surface area contributed by atoms with Gasteiger partial charge in [-0.05, 0) is 38.5 Å². The summed E-state index contributed by atoms with van der Waals surface area (Å²) in [4.78, 5) is 12.4. The third-order valence-corrected chi connectivity index (χ3v) is 3.04. The first-order valence-corrected chi connectivity index (χ1v) is 6.90. The van der Waals surface area contributed by atoms with Crippen LogP contribution in [0.5, 0.6) is 5.75 Å². The maximum Gasteiger partial charge on any atom is 0.170 e. The van der Waals surface area contributed by atoms with Gasteiger partial charge in [-0.2, -0.15) is 0 Å². The molecule has 0 aliphatic rings. The summed E-state index contributed by atoms with van der Waals surface area (Å²) in [6, 6.07) is 15.5. The minimum Gasteiger partial charge on any atom is -0.490 e. The third-order valence-electron chi connectivity index (χ3n) is 3.04. The molecule has 0 N–H and O–H groups in total. The van der Waals surface area contributed by atoms with Crippen molar-refractivity contribution in [2.45, 2.75) is 33.3 Å². The fourth-order valence-electron chi connectivity index (χ4n) is 2.04. The number of rotatable bonds is 5. The van der Waals surface area contributed by atoms with Gasteiger partial charge in [0.2, 0.25) is 0 Å². The molecular weight excluding hydrogens is 248 g/mol. The van der Waals surface area contributed by atoms with E-state index in [1.807, 2.05) is 69.3 Å². The minimum atomic E-state index is 0.0586. The summed E-state index contributed by atoms with van der Waals surface area (Å²) in [7, 11) is 0. The maximum atomic E-state index is 12.4. The van der Waals surface area contributed by atoms with Gasteiger partial charge in [0, 0.05) is 6.42 Å². The first-order valence-electron chi connectivity index (χ1n) is 6.90. The number of Topliss-reactive ketones (excluding diaryl/α,β-unsaturated/α-hetero) is 1. The van der Waals surface area contributed by atoms with Crippen LogP contribution in [0.25, 0.3) is 0 Å². The Morgan fingerprint density at radius 3 is 2.35 bits per heavy atom. The van der Waals surface area contributed by atoms with E-state index in [4.69, 9.17) is 4.74 Å². The van der Waals surface area contributed by atoms with Crippen LogP contribution in [0.2, 0.25) is 0 Å². The van der Waals surface area contributed by atoms with Crippen molar-refractivity contribution in [2.24, 2.45) is 0 Å². The minimum absolute atomic E-state index is 0.0586. The molecule has 2 nitrogen and oxygen atoms in total. The van der Waals surface area contributed by atoms with E-state index in [0.29, 0.717) is 17.7 Å². The van der Waals surface area contributed by atoms with Crippen LogP contribution in [-0.2, 0) is 6.42 Å². The van der Waals surface area contributed by atoms with Gasteiger partial charge < -0.3 is 4.74 Å². The Labute approximate surface area is 120 Å². The quantitative estimate of drug-likeness (QED) is 0.759. The van der Waals surface area contributed by atoms with Gasteiger partial charge in [0.25, 0.3) is 0 Å². The Hall–Kier alpha value is -2.09. The van der Waals surface area contributed by atoms with Crippen molar-refractivity contribution < 1.29 is 9.53 Å². The lowest BCUT2D eigenvalue weighted by molar-refractivity contribution is 0.0987. The Morgan fingerprint density at radius 1 is 1.05 bits per heavy atom. The highest BCUT2D eigenvalue weighted by Gasteiger charge is 2.13. The highest BCUT2D eigenvalue weighted by Crippen LogP contribution is 2.21. The summed E-state index contributed by atoms with van der Waals surface area (Å²) in [5.74, 6) is 0.754. The topological polar surface area (TPSA) is 26.3 Å². The highest BCUT2D eigenvalue weighted by atomic mass is 16.5. The smallest absolute Gasteiger partial charge is 0.170 e. The largest absolute Gasteiger partial charge is 0.490 e. The normalized spacial score (nSPS) is 10.6. The van der Waals surface area contributed by atoms with E-state index in [1.54, 1.807) is 0 Å². The molecule has 0 amide bonds. The van der Waals surface area contributed by atoms with Crippen molar-refractivity contribution in [3.8, 4) is 5.75 Å². The van der Waals surface area contributed by atoms with E-state index in [0.717, 1.165) is 5.56 Å². The zero-order valence-electron chi connectivity index (χ0n) is 12.2. The number of aryl methyl sites for hydroxylation is 1. The van der Waals surface area contributed by atoms with Crippen molar-refractivity contribution in [1.82, 2.24) is 0 Å². The number of ether oxygens (including phenoxy) is 1. The van der Waals surface area contributed by atoms with E-state index >= 15 is 0 Å². The molecule has 0 heterocycles. The number of benzene rings is 2. The van der Waals surface area contributed by atoms with Gasteiger partial charge in [0.1, 0.15) is 5.75 Å². The van der Waals surface area contributed by atoms with Gasteiger partial charge >= 0.3 is 0 Å². The summed E-state index contributed by atoms with van der Waals surface area (Å²) < 4.78 is 5.70. The second-order valence-electron chi connectivity index (χ2n) is 5.25. The molecule has 0 fully saturated rings. The van der Waals surface area contributed by atoms with E-state index < -0.39 is 0 Å². The second-order valence-corrected chi connectivity index (χ2v) is 5.25. The molecule has 0 atom stereocenters. The van der Waals surface area contributed by atoms with Crippen molar-refractivity contribution >= 4 is 5.78 Å². The Kier molecular flexibility index (Phi) is 4.57. The molecule has 0 radical (unpaired) electrons. The molecule has 104 valence electrons. The molecule has 2 aromatic carbocycles. The van der Waals surface area contributed by atoms with Crippen LogP contribution in [0.15, 0.2) is 48.5 Å². The van der Waals surface area contributed by atoms with Crippen molar-refractivity contribution in [3.05, 3.63) is 65.2 Å². The van der Waals surface area contributed by atoms with Gasteiger partial charge in [-0.3, -0.25) is 4.79 Å². The maximum absolute atomic E-state index is 12.4. The van der Waals surface area contributed by atoms with Gasteiger partial charge in [-0.1, -0.05) is 42.0 Å². The van der Waals surface area contributed by atoms with Crippen molar-refractivity contribution in [3.63, 3.8) is 0 Å². The van der Waals surface area contributed by atoms with Crippen LogP contribution >= 0.6 is 0 Å². The molecule has 20 heavy (non-hydrogen) atoms. The van der Waals surface area contributed by atoms with E-state index in [9.17, 15) is 4.79 Å². The standard InChI is InChI=1S/C18H20O2/c1-13(2)20-18-7-5-4-6-16(18)17(19)12-15-10-8-14(3)9-11-15/h4-11,13H,12H2,1-3H3. The molecular formula is C18H20O2. The van der Waals surface area contributed by atoms with Gasteiger partial charge in [-0.15, -0.1) is 0 Å². The summed E-state index contributed by atoms with van der Waals surface area (Å²) >= 11 is 0. The summed E-state index contributed by atoms with van der Waals surface area (Å²) in [6.07, 6.45) is 0.460. The molecule has 0 saturated carbocycles. The molecule has 2 heteroatoms. The summed E-state index contributed by atoms with van der Waals surface area (Å²) in [5, 5.41) is 0.